The molecule has 1 heterocycles. The van der Waals surface area contributed by atoms with E-state index < -0.39 is 23.5 Å². The summed E-state index contributed by atoms with van der Waals surface area (Å²) in [7, 11) is 1.53. The fraction of sp³-hybridized carbons (Fsp3) is 0.226. The molecule has 0 bridgehead atoms. The number of allylic oxidation sites excluding steroid dienone is 3. The third-order valence-electron chi connectivity index (χ3n) is 6.96. The van der Waals surface area contributed by atoms with Crippen LogP contribution >= 0.6 is 0 Å². The molecule has 3 aromatic carbocycles. The van der Waals surface area contributed by atoms with Gasteiger partial charge in [0.05, 0.1) is 12.8 Å². The number of carbonyl (C=O) groups is 2. The molecule has 3 aromatic rings. The van der Waals surface area contributed by atoms with E-state index in [-0.39, 0.29) is 17.0 Å². The van der Waals surface area contributed by atoms with Crippen LogP contribution in [0.5, 0.6) is 11.5 Å². The number of benzene rings is 3. The van der Waals surface area contributed by atoms with Crippen LogP contribution in [0.2, 0.25) is 0 Å². The lowest BCUT2D eigenvalue weighted by atomic mass is 9.75. The molecule has 1 aliphatic heterocycles. The molecule has 1 unspecified atom stereocenters. The van der Waals surface area contributed by atoms with E-state index in [2.05, 4.69) is 10.6 Å². The predicted octanol–water partition coefficient (Wildman–Crippen LogP) is 6.16. The summed E-state index contributed by atoms with van der Waals surface area (Å²) in [6, 6.07) is 18.0. The Bertz CT molecular complexity index is 1500. The van der Waals surface area contributed by atoms with Crippen LogP contribution in [-0.4, -0.2) is 18.8 Å². The fourth-order valence-corrected chi connectivity index (χ4v) is 5.12. The first-order valence-electron chi connectivity index (χ1n) is 12.7. The van der Waals surface area contributed by atoms with E-state index in [9.17, 15) is 18.4 Å². The van der Waals surface area contributed by atoms with Gasteiger partial charge in [-0.15, -0.1) is 0 Å². The number of hydrogen-bond acceptors (Lipinski definition) is 5. The van der Waals surface area contributed by atoms with Gasteiger partial charge in [-0.2, -0.15) is 0 Å². The summed E-state index contributed by atoms with van der Waals surface area (Å²) in [4.78, 5) is 26.8. The summed E-state index contributed by atoms with van der Waals surface area (Å²) in [5.74, 6) is -2.03. The molecular weight excluding hydrogens is 502 g/mol. The van der Waals surface area contributed by atoms with Crippen molar-refractivity contribution in [2.24, 2.45) is 0 Å². The average molecular weight is 531 g/mol. The maximum Gasteiger partial charge on any atom is 0.254 e. The molecule has 2 N–H and O–H groups in total. The van der Waals surface area contributed by atoms with Gasteiger partial charge in [0.25, 0.3) is 5.91 Å². The molecule has 0 saturated carbocycles. The Morgan fingerprint density at radius 2 is 1.82 bits per heavy atom. The number of halogens is 2. The van der Waals surface area contributed by atoms with E-state index in [4.69, 9.17) is 9.47 Å². The molecule has 200 valence electrons. The first-order chi connectivity index (χ1) is 18.9. The molecule has 1 atom stereocenters. The average Bonchev–Trinajstić information content (AvgIpc) is 2.93. The third kappa shape index (κ3) is 5.41. The Labute approximate surface area is 225 Å². The van der Waals surface area contributed by atoms with Crippen molar-refractivity contribution < 1.29 is 27.8 Å². The molecular formula is C31H28F2N2O4. The molecule has 39 heavy (non-hydrogen) atoms. The van der Waals surface area contributed by atoms with Crippen LogP contribution in [0, 0.1) is 11.6 Å². The van der Waals surface area contributed by atoms with E-state index in [1.807, 2.05) is 36.4 Å². The zero-order chi connectivity index (χ0) is 27.5. The van der Waals surface area contributed by atoms with E-state index in [0.717, 1.165) is 17.3 Å². The van der Waals surface area contributed by atoms with Crippen molar-refractivity contribution in [2.45, 2.75) is 38.7 Å². The standard InChI is InChI=1S/C31H28F2N2O4/c1-18-28(31(37)35-23-13-12-21(32)16-22(23)33)29(30-24(34-18)9-6-10-25(30)36)20-11-14-26(27(15-20)38-2)39-17-19-7-4-3-5-8-19/h3-5,7-8,11-16,29,34H,6,9-10,17H2,1-2H3,(H,35,37). The number of dihydropyridines is 1. The Balaban J connectivity index is 1.52. The van der Waals surface area contributed by atoms with Gasteiger partial charge in [-0.1, -0.05) is 36.4 Å². The van der Waals surface area contributed by atoms with Crippen molar-refractivity contribution in [3.8, 4) is 11.5 Å². The maximum atomic E-state index is 14.4. The monoisotopic (exact) mass is 530 g/mol. The smallest absolute Gasteiger partial charge is 0.254 e. The molecule has 0 spiro atoms. The molecule has 8 heteroatoms. The number of amides is 1. The Morgan fingerprint density at radius 1 is 1.03 bits per heavy atom. The van der Waals surface area contributed by atoms with Gasteiger partial charge >= 0.3 is 0 Å². The van der Waals surface area contributed by atoms with Crippen LogP contribution in [-0.2, 0) is 16.2 Å². The Kier molecular flexibility index (Phi) is 7.45. The van der Waals surface area contributed by atoms with E-state index in [1.165, 1.54) is 13.2 Å². The zero-order valence-corrected chi connectivity index (χ0v) is 21.6. The highest BCUT2D eigenvalue weighted by Gasteiger charge is 2.39. The van der Waals surface area contributed by atoms with Gasteiger partial charge in [0, 0.05) is 40.9 Å². The van der Waals surface area contributed by atoms with Gasteiger partial charge in [0.2, 0.25) is 0 Å². The van der Waals surface area contributed by atoms with Gasteiger partial charge in [-0.25, -0.2) is 8.78 Å². The molecule has 1 amide bonds. The Hall–Kier alpha value is -4.46. The first-order valence-corrected chi connectivity index (χ1v) is 12.7. The minimum atomic E-state index is -0.892. The molecule has 0 saturated heterocycles. The van der Waals surface area contributed by atoms with Gasteiger partial charge < -0.3 is 20.1 Å². The number of Topliss-reactive ketones (excluding diaryl/α,β-unsaturated/α-hetero) is 1. The van der Waals surface area contributed by atoms with Gasteiger partial charge in [-0.3, -0.25) is 9.59 Å². The highest BCUT2D eigenvalue weighted by Crippen LogP contribution is 2.44. The van der Waals surface area contributed by atoms with Crippen molar-refractivity contribution >= 4 is 17.4 Å². The molecule has 0 fully saturated rings. The zero-order valence-electron chi connectivity index (χ0n) is 21.6. The Morgan fingerprint density at radius 3 is 2.56 bits per heavy atom. The number of rotatable bonds is 7. The highest BCUT2D eigenvalue weighted by molar-refractivity contribution is 6.09. The minimum absolute atomic E-state index is 0.0529. The van der Waals surface area contributed by atoms with Gasteiger partial charge in [0.1, 0.15) is 18.2 Å². The van der Waals surface area contributed by atoms with Crippen LogP contribution in [0.25, 0.3) is 0 Å². The second-order valence-electron chi connectivity index (χ2n) is 9.53. The van der Waals surface area contributed by atoms with Crippen LogP contribution in [0.3, 0.4) is 0 Å². The predicted molar refractivity (Wildman–Crippen MR) is 143 cm³/mol. The lowest BCUT2D eigenvalue weighted by Gasteiger charge is -2.34. The second kappa shape index (κ2) is 11.1. The normalized spacial score (nSPS) is 16.9. The van der Waals surface area contributed by atoms with E-state index in [0.29, 0.717) is 60.3 Å². The molecule has 6 nitrogen and oxygen atoms in total. The highest BCUT2D eigenvalue weighted by atomic mass is 19.1. The van der Waals surface area contributed by atoms with E-state index in [1.54, 1.807) is 19.1 Å². The molecule has 0 radical (unpaired) electrons. The number of ether oxygens (including phenoxy) is 2. The van der Waals surface area contributed by atoms with Crippen molar-refractivity contribution in [3.63, 3.8) is 0 Å². The van der Waals surface area contributed by atoms with Crippen LogP contribution in [0.4, 0.5) is 14.5 Å². The lowest BCUT2D eigenvalue weighted by Crippen LogP contribution is -2.35. The molecule has 2 aliphatic rings. The van der Waals surface area contributed by atoms with Crippen molar-refractivity contribution in [1.82, 2.24) is 5.32 Å². The topological polar surface area (TPSA) is 76.7 Å². The number of ketones is 1. The summed E-state index contributed by atoms with van der Waals surface area (Å²) in [5.41, 5.74) is 3.61. The fourth-order valence-electron chi connectivity index (χ4n) is 5.12. The van der Waals surface area contributed by atoms with Crippen molar-refractivity contribution in [1.29, 1.82) is 0 Å². The maximum absolute atomic E-state index is 14.4. The molecule has 5 rings (SSSR count). The van der Waals surface area contributed by atoms with Crippen molar-refractivity contribution in [2.75, 3.05) is 12.4 Å². The molecule has 0 aromatic heterocycles. The van der Waals surface area contributed by atoms with Crippen LogP contribution in [0.15, 0.2) is 89.3 Å². The number of anilines is 1. The number of methoxy groups -OCH3 is 1. The number of carbonyl (C=O) groups excluding carboxylic acids is 2. The number of hydrogen-bond donors (Lipinski definition) is 2. The third-order valence-corrected chi connectivity index (χ3v) is 6.96. The van der Waals surface area contributed by atoms with Gasteiger partial charge in [0.15, 0.2) is 17.3 Å². The first kappa shape index (κ1) is 26.2. The molecule has 1 aliphatic carbocycles. The van der Waals surface area contributed by atoms with Crippen molar-refractivity contribution in [3.05, 3.63) is 112 Å². The quantitative estimate of drug-likeness (QED) is 0.383. The summed E-state index contributed by atoms with van der Waals surface area (Å²) < 4.78 is 39.4. The second-order valence-corrected chi connectivity index (χ2v) is 9.53. The van der Waals surface area contributed by atoms with Crippen LogP contribution in [0.1, 0.15) is 43.2 Å². The summed E-state index contributed by atoms with van der Waals surface area (Å²) in [6.45, 7) is 2.09. The lowest BCUT2D eigenvalue weighted by molar-refractivity contribution is -0.116. The van der Waals surface area contributed by atoms with Gasteiger partial charge in [-0.05, 0) is 55.2 Å². The number of nitrogens with one attached hydrogen (secondary N) is 2. The van der Waals surface area contributed by atoms with Crippen LogP contribution < -0.4 is 20.1 Å². The summed E-state index contributed by atoms with van der Waals surface area (Å²) in [5, 5.41) is 5.79. The minimum Gasteiger partial charge on any atom is -0.493 e. The SMILES string of the molecule is COc1cc(C2C(C(=O)Nc3ccc(F)cc3F)=C(C)NC3=C2C(=O)CCC3)ccc1OCc1ccccc1. The summed E-state index contributed by atoms with van der Waals surface area (Å²) >= 11 is 0. The van der Waals surface area contributed by atoms with E-state index >= 15 is 0 Å². The largest absolute Gasteiger partial charge is 0.493 e. The summed E-state index contributed by atoms with van der Waals surface area (Å²) in [6.07, 6.45) is 1.75.